The lowest BCUT2D eigenvalue weighted by atomic mass is 9.99. The van der Waals surface area contributed by atoms with E-state index in [9.17, 15) is 0 Å². The lowest BCUT2D eigenvalue weighted by Gasteiger charge is -2.45. The third-order valence-electron chi connectivity index (χ3n) is 8.53. The summed E-state index contributed by atoms with van der Waals surface area (Å²) in [5, 5.41) is 0. The van der Waals surface area contributed by atoms with Crippen LogP contribution in [0.25, 0.3) is 0 Å². The highest BCUT2D eigenvalue weighted by Crippen LogP contribution is 2.25. The topological polar surface area (TPSA) is 0 Å². The molecule has 1 heteroatoms. The van der Waals surface area contributed by atoms with Crippen LogP contribution >= 0.6 is 0 Å². The lowest BCUT2D eigenvalue weighted by Crippen LogP contribution is -2.56. The van der Waals surface area contributed by atoms with Crippen molar-refractivity contribution in [2.24, 2.45) is 0 Å². The molecule has 0 heterocycles. The summed E-state index contributed by atoms with van der Waals surface area (Å²) in [4.78, 5) is 0. The number of hydrogen-bond acceptors (Lipinski definition) is 0. The van der Waals surface area contributed by atoms with Crippen molar-refractivity contribution in [2.75, 3.05) is 19.6 Å². The fourth-order valence-electron chi connectivity index (χ4n) is 5.93. The molecule has 0 saturated carbocycles. The highest BCUT2D eigenvalue weighted by atomic mass is 15.4. The molecule has 0 fully saturated rings. The first kappa shape index (κ1) is 34.0. The van der Waals surface area contributed by atoms with Crippen molar-refractivity contribution in [3.63, 3.8) is 0 Å². The Hall–Kier alpha value is -0.0400. The molecule has 0 saturated heterocycles. The van der Waals surface area contributed by atoms with E-state index in [0.29, 0.717) is 0 Å². The Labute approximate surface area is 218 Å². The van der Waals surface area contributed by atoms with E-state index in [2.05, 4.69) is 34.6 Å². The molecule has 0 aliphatic carbocycles. The van der Waals surface area contributed by atoms with Crippen molar-refractivity contribution < 1.29 is 4.48 Å². The molecule has 0 radical (unpaired) electrons. The Kier molecular flexibility index (Phi) is 26.0. The first-order chi connectivity index (χ1) is 16.7. The lowest BCUT2D eigenvalue weighted by molar-refractivity contribution is -0.950. The van der Waals surface area contributed by atoms with Crippen LogP contribution in [0.3, 0.4) is 0 Å². The first-order valence-corrected chi connectivity index (χ1v) is 16.5. The van der Waals surface area contributed by atoms with Crippen molar-refractivity contribution in [2.45, 2.75) is 195 Å². The van der Waals surface area contributed by atoms with Crippen molar-refractivity contribution in [3.05, 3.63) is 0 Å². The smallest absolute Gasteiger partial charge is 0.0861 e. The highest BCUT2D eigenvalue weighted by molar-refractivity contribution is 4.61. The van der Waals surface area contributed by atoms with Crippen LogP contribution in [0, 0.1) is 0 Å². The van der Waals surface area contributed by atoms with E-state index in [1.165, 1.54) is 178 Å². The van der Waals surface area contributed by atoms with Crippen LogP contribution in [0.1, 0.15) is 189 Å². The molecule has 0 amide bonds. The van der Waals surface area contributed by atoms with E-state index in [1.54, 1.807) is 0 Å². The van der Waals surface area contributed by atoms with Gasteiger partial charge in [0.2, 0.25) is 0 Å². The van der Waals surface area contributed by atoms with Crippen LogP contribution < -0.4 is 0 Å². The highest BCUT2D eigenvalue weighted by Gasteiger charge is 2.32. The number of hydrogen-bond donors (Lipinski definition) is 0. The minimum Gasteiger partial charge on any atom is -0.321 e. The molecular formula is C33H70N+. The predicted molar refractivity (Wildman–Crippen MR) is 158 cm³/mol. The predicted octanol–water partition coefficient (Wildman–Crippen LogP) is 11.6. The minimum atomic E-state index is 0.864. The summed E-state index contributed by atoms with van der Waals surface area (Å²) in [6, 6.07) is 0.864. The summed E-state index contributed by atoms with van der Waals surface area (Å²) in [6.45, 7) is 16.4. The number of quaternary nitrogens is 1. The third kappa shape index (κ3) is 19.2. The fraction of sp³-hybridized carbons (Fsp3) is 1.00. The van der Waals surface area contributed by atoms with Crippen molar-refractivity contribution in [3.8, 4) is 0 Å². The molecule has 0 aromatic rings. The molecular weight excluding hydrogens is 410 g/mol. The van der Waals surface area contributed by atoms with Gasteiger partial charge in [0, 0.05) is 0 Å². The molecule has 0 aliphatic heterocycles. The Morgan fingerprint density at radius 2 is 0.618 bits per heavy atom. The molecule has 0 aromatic carbocycles. The van der Waals surface area contributed by atoms with E-state index in [0.717, 1.165) is 6.04 Å². The average Bonchev–Trinajstić information content (AvgIpc) is 2.84. The monoisotopic (exact) mass is 481 g/mol. The zero-order valence-corrected chi connectivity index (χ0v) is 25.1. The number of unbranched alkanes of at least 4 members (excludes halogenated alkanes) is 19. The zero-order valence-electron chi connectivity index (χ0n) is 25.1. The largest absolute Gasteiger partial charge is 0.321 e. The van der Waals surface area contributed by atoms with Crippen molar-refractivity contribution in [1.29, 1.82) is 0 Å². The van der Waals surface area contributed by atoms with E-state index < -0.39 is 0 Å². The van der Waals surface area contributed by atoms with Crippen LogP contribution in [0.4, 0.5) is 0 Å². The van der Waals surface area contributed by atoms with E-state index in [1.807, 2.05) is 0 Å². The van der Waals surface area contributed by atoms with E-state index >= 15 is 0 Å². The van der Waals surface area contributed by atoms with Crippen LogP contribution in [-0.4, -0.2) is 30.2 Å². The zero-order chi connectivity index (χ0) is 25.2. The molecule has 0 aromatic heterocycles. The van der Waals surface area contributed by atoms with Crippen LogP contribution in [0.2, 0.25) is 0 Å². The van der Waals surface area contributed by atoms with Crippen molar-refractivity contribution in [1.82, 2.24) is 0 Å². The second kappa shape index (κ2) is 26.0. The fourth-order valence-corrected chi connectivity index (χ4v) is 5.93. The quantitative estimate of drug-likeness (QED) is 0.0771. The molecule has 206 valence electrons. The molecule has 1 atom stereocenters. The summed E-state index contributed by atoms with van der Waals surface area (Å²) in [5.74, 6) is 0. The molecule has 34 heavy (non-hydrogen) atoms. The maximum atomic E-state index is 2.64. The molecule has 0 spiro atoms. The van der Waals surface area contributed by atoms with Gasteiger partial charge in [0.25, 0.3) is 0 Å². The summed E-state index contributed by atoms with van der Waals surface area (Å²) < 4.78 is 1.46. The van der Waals surface area contributed by atoms with Gasteiger partial charge in [-0.25, -0.2) is 0 Å². The molecule has 0 aliphatic rings. The molecule has 1 unspecified atom stereocenters. The van der Waals surface area contributed by atoms with E-state index in [4.69, 9.17) is 0 Å². The van der Waals surface area contributed by atoms with Gasteiger partial charge in [-0.15, -0.1) is 0 Å². The van der Waals surface area contributed by atoms with Gasteiger partial charge in [-0.05, 0) is 58.3 Å². The Morgan fingerprint density at radius 1 is 0.353 bits per heavy atom. The number of nitrogens with zero attached hydrogens (tertiary/aromatic N) is 1. The Morgan fingerprint density at radius 3 is 0.941 bits per heavy atom. The van der Waals surface area contributed by atoms with Crippen molar-refractivity contribution >= 4 is 0 Å². The third-order valence-corrected chi connectivity index (χ3v) is 8.53. The second-order valence-electron chi connectivity index (χ2n) is 11.7. The van der Waals surface area contributed by atoms with Crippen LogP contribution in [0.15, 0.2) is 0 Å². The number of rotatable bonds is 28. The first-order valence-electron chi connectivity index (χ1n) is 16.5. The van der Waals surface area contributed by atoms with Gasteiger partial charge in [-0.2, -0.15) is 0 Å². The molecule has 0 bridgehead atoms. The summed E-state index contributed by atoms with van der Waals surface area (Å²) in [5.41, 5.74) is 0. The van der Waals surface area contributed by atoms with Gasteiger partial charge < -0.3 is 4.48 Å². The van der Waals surface area contributed by atoms with Crippen LogP contribution in [0.5, 0.6) is 0 Å². The summed E-state index contributed by atoms with van der Waals surface area (Å²) >= 11 is 0. The normalized spacial score (nSPS) is 13.0. The summed E-state index contributed by atoms with van der Waals surface area (Å²) in [7, 11) is 0. The van der Waals surface area contributed by atoms with Crippen LogP contribution in [-0.2, 0) is 0 Å². The second-order valence-corrected chi connectivity index (χ2v) is 11.7. The average molecular weight is 481 g/mol. The standard InChI is InChI=1S/C33H70N/c1-6-10-14-18-22-26-30-34(31-27-23-19-15-11-7-2,32-28-24-20-16-12-8-3)33(5)29-25-21-17-13-9-4/h33H,6-32H2,1-5H3/q+1. The van der Waals surface area contributed by atoms with Gasteiger partial charge in [0.1, 0.15) is 0 Å². The van der Waals surface area contributed by atoms with Gasteiger partial charge in [-0.3, -0.25) is 0 Å². The minimum absolute atomic E-state index is 0.864. The maximum Gasteiger partial charge on any atom is 0.0861 e. The SMILES string of the molecule is CCCCCCCC[N+](CCCCCCCC)(CCCCCCCC)C(C)CCCCCCC. The van der Waals surface area contributed by atoms with E-state index in [-0.39, 0.29) is 0 Å². The maximum absolute atomic E-state index is 2.64. The molecule has 0 rings (SSSR count). The molecule has 0 N–H and O–H groups in total. The van der Waals surface area contributed by atoms with Gasteiger partial charge in [-0.1, -0.05) is 130 Å². The molecule has 1 nitrogen and oxygen atoms in total. The van der Waals surface area contributed by atoms with Gasteiger partial charge >= 0.3 is 0 Å². The Balaban J connectivity index is 4.97. The Bertz CT molecular complexity index is 336. The van der Waals surface area contributed by atoms with Gasteiger partial charge in [0.15, 0.2) is 0 Å². The van der Waals surface area contributed by atoms with Gasteiger partial charge in [0.05, 0.1) is 25.7 Å². The summed E-state index contributed by atoms with van der Waals surface area (Å²) in [6.07, 6.45) is 34.6.